The van der Waals surface area contributed by atoms with Gasteiger partial charge in [0.15, 0.2) is 0 Å². The van der Waals surface area contributed by atoms with E-state index in [9.17, 15) is 4.79 Å². The van der Waals surface area contributed by atoms with Gasteiger partial charge in [-0.1, -0.05) is 0 Å². The van der Waals surface area contributed by atoms with Crippen molar-refractivity contribution in [2.45, 2.75) is 19.5 Å². The van der Waals surface area contributed by atoms with Gasteiger partial charge in [-0.05, 0) is 13.0 Å². The molecule has 0 aliphatic rings. The molecule has 1 aromatic heterocycles. The van der Waals surface area contributed by atoms with E-state index in [4.69, 9.17) is 5.11 Å². The molecule has 0 unspecified atom stereocenters. The second-order valence-corrected chi connectivity index (χ2v) is 2.61. The van der Waals surface area contributed by atoms with E-state index in [2.05, 4.69) is 15.3 Å². The van der Waals surface area contributed by atoms with Crippen LogP contribution in [0.1, 0.15) is 12.7 Å². The number of rotatable bonds is 4. The van der Waals surface area contributed by atoms with E-state index in [1.807, 2.05) is 0 Å². The number of nitrogens with one attached hydrogen (secondary N) is 1. The first-order valence-corrected chi connectivity index (χ1v) is 3.92. The molecule has 5 heteroatoms. The molecule has 0 aromatic carbocycles. The molecule has 0 aliphatic heterocycles. The van der Waals surface area contributed by atoms with Crippen molar-refractivity contribution in [2.75, 3.05) is 0 Å². The van der Waals surface area contributed by atoms with Gasteiger partial charge in [-0.2, -0.15) is 0 Å². The molecule has 5 nitrogen and oxygen atoms in total. The Morgan fingerprint density at radius 1 is 1.62 bits per heavy atom. The van der Waals surface area contributed by atoms with Crippen molar-refractivity contribution >= 4 is 5.97 Å². The highest BCUT2D eigenvalue weighted by Gasteiger charge is 2.09. The second-order valence-electron chi connectivity index (χ2n) is 2.61. The fourth-order valence-corrected chi connectivity index (χ4v) is 0.753. The van der Waals surface area contributed by atoms with E-state index >= 15 is 0 Å². The summed E-state index contributed by atoms with van der Waals surface area (Å²) < 4.78 is 0. The van der Waals surface area contributed by atoms with Gasteiger partial charge >= 0.3 is 5.97 Å². The maximum absolute atomic E-state index is 10.4. The summed E-state index contributed by atoms with van der Waals surface area (Å²) in [6.07, 6.45) is 3.24. The van der Waals surface area contributed by atoms with Gasteiger partial charge in [-0.25, -0.2) is 9.97 Å². The predicted octanol–water partition coefficient (Wildman–Crippen LogP) is 0.0393. The van der Waals surface area contributed by atoms with Gasteiger partial charge in [0.25, 0.3) is 0 Å². The Hall–Kier alpha value is -1.49. The Balaban J connectivity index is 2.39. The van der Waals surface area contributed by atoms with Crippen molar-refractivity contribution < 1.29 is 9.90 Å². The molecule has 0 fully saturated rings. The number of carboxylic acid groups (broad SMARTS) is 1. The van der Waals surface area contributed by atoms with Crippen molar-refractivity contribution in [1.29, 1.82) is 0 Å². The zero-order valence-electron chi connectivity index (χ0n) is 7.27. The fraction of sp³-hybridized carbons (Fsp3) is 0.375. The number of aromatic nitrogens is 2. The normalized spacial score (nSPS) is 12.4. The highest BCUT2D eigenvalue weighted by Crippen LogP contribution is 1.88. The monoisotopic (exact) mass is 181 g/mol. The summed E-state index contributed by atoms with van der Waals surface area (Å²) in [5.41, 5.74) is 0. The Morgan fingerprint density at radius 2 is 2.23 bits per heavy atom. The van der Waals surface area contributed by atoms with Crippen LogP contribution in [-0.4, -0.2) is 27.1 Å². The molecule has 0 bridgehead atoms. The van der Waals surface area contributed by atoms with Gasteiger partial charge in [0.05, 0.1) is 6.54 Å². The first-order valence-electron chi connectivity index (χ1n) is 3.92. The van der Waals surface area contributed by atoms with Crippen LogP contribution in [-0.2, 0) is 11.3 Å². The molecular weight excluding hydrogens is 170 g/mol. The molecule has 1 rings (SSSR count). The molecule has 0 radical (unpaired) electrons. The fourth-order valence-electron chi connectivity index (χ4n) is 0.753. The zero-order chi connectivity index (χ0) is 9.68. The van der Waals surface area contributed by atoms with Gasteiger partial charge in [0.1, 0.15) is 11.9 Å². The van der Waals surface area contributed by atoms with Crippen LogP contribution < -0.4 is 5.32 Å². The van der Waals surface area contributed by atoms with E-state index in [-0.39, 0.29) is 0 Å². The lowest BCUT2D eigenvalue weighted by Crippen LogP contribution is -2.33. The summed E-state index contributed by atoms with van der Waals surface area (Å²) in [5.74, 6) is -0.286. The summed E-state index contributed by atoms with van der Waals surface area (Å²) in [5, 5.41) is 11.3. The van der Waals surface area contributed by atoms with E-state index in [0.29, 0.717) is 12.4 Å². The maximum atomic E-state index is 10.4. The lowest BCUT2D eigenvalue weighted by Gasteiger charge is -2.06. The minimum Gasteiger partial charge on any atom is -0.480 e. The summed E-state index contributed by atoms with van der Waals surface area (Å²) in [6, 6.07) is 1.13. The SMILES string of the molecule is C[C@H](NCc1ncccn1)C(=O)O. The average Bonchev–Trinajstić information content (AvgIpc) is 2.15. The molecule has 2 N–H and O–H groups in total. The molecule has 0 amide bonds. The first-order chi connectivity index (χ1) is 6.20. The van der Waals surface area contributed by atoms with Crippen LogP contribution in [0.5, 0.6) is 0 Å². The molecule has 1 heterocycles. The van der Waals surface area contributed by atoms with Gasteiger partial charge in [-0.3, -0.25) is 10.1 Å². The van der Waals surface area contributed by atoms with Crippen molar-refractivity contribution in [3.63, 3.8) is 0 Å². The van der Waals surface area contributed by atoms with E-state index in [1.165, 1.54) is 0 Å². The number of carboxylic acids is 1. The van der Waals surface area contributed by atoms with Crippen molar-refractivity contribution in [3.05, 3.63) is 24.3 Å². The largest absolute Gasteiger partial charge is 0.480 e. The first kappa shape index (κ1) is 9.60. The lowest BCUT2D eigenvalue weighted by molar-refractivity contribution is -0.139. The van der Waals surface area contributed by atoms with Gasteiger partial charge < -0.3 is 5.11 Å². The van der Waals surface area contributed by atoms with Gasteiger partial charge in [0, 0.05) is 12.4 Å². The molecule has 0 saturated carbocycles. The van der Waals surface area contributed by atoms with Crippen LogP contribution >= 0.6 is 0 Å². The third kappa shape index (κ3) is 3.16. The van der Waals surface area contributed by atoms with Crippen LogP contribution in [0.15, 0.2) is 18.5 Å². The highest BCUT2D eigenvalue weighted by atomic mass is 16.4. The van der Waals surface area contributed by atoms with Gasteiger partial charge in [-0.15, -0.1) is 0 Å². The predicted molar refractivity (Wildman–Crippen MR) is 46.0 cm³/mol. The van der Waals surface area contributed by atoms with E-state index < -0.39 is 12.0 Å². The van der Waals surface area contributed by atoms with Crippen LogP contribution in [0.25, 0.3) is 0 Å². The van der Waals surface area contributed by atoms with Gasteiger partial charge in [0.2, 0.25) is 0 Å². The Bertz CT molecular complexity index is 276. The van der Waals surface area contributed by atoms with E-state index in [0.717, 1.165) is 0 Å². The Kier molecular flexibility index (Phi) is 3.33. The quantitative estimate of drug-likeness (QED) is 0.686. The van der Waals surface area contributed by atoms with Crippen molar-refractivity contribution in [1.82, 2.24) is 15.3 Å². The second kappa shape index (κ2) is 4.51. The number of hydrogen-bond donors (Lipinski definition) is 2. The Labute approximate surface area is 75.8 Å². The number of carbonyl (C=O) groups is 1. The topological polar surface area (TPSA) is 75.1 Å². The minimum atomic E-state index is -0.879. The van der Waals surface area contributed by atoms with Crippen LogP contribution in [0.3, 0.4) is 0 Å². The van der Waals surface area contributed by atoms with Crippen LogP contribution in [0, 0.1) is 0 Å². The van der Waals surface area contributed by atoms with Crippen molar-refractivity contribution in [2.24, 2.45) is 0 Å². The summed E-state index contributed by atoms with van der Waals surface area (Å²) in [6.45, 7) is 1.94. The molecule has 0 saturated heterocycles. The smallest absolute Gasteiger partial charge is 0.320 e. The standard InChI is InChI=1S/C8H11N3O2/c1-6(8(12)13)11-5-7-9-3-2-4-10-7/h2-4,6,11H,5H2,1H3,(H,12,13)/t6-/m0/s1. The number of nitrogens with zero attached hydrogens (tertiary/aromatic N) is 2. The number of hydrogen-bond acceptors (Lipinski definition) is 4. The van der Waals surface area contributed by atoms with Crippen LogP contribution in [0.4, 0.5) is 0 Å². The molecule has 0 aliphatic carbocycles. The highest BCUT2D eigenvalue weighted by molar-refractivity contribution is 5.72. The molecule has 13 heavy (non-hydrogen) atoms. The molecule has 1 atom stereocenters. The summed E-state index contributed by atoms with van der Waals surface area (Å²) in [4.78, 5) is 18.3. The molecule has 70 valence electrons. The van der Waals surface area contributed by atoms with Crippen LogP contribution in [0.2, 0.25) is 0 Å². The third-order valence-electron chi connectivity index (χ3n) is 1.56. The molecule has 1 aromatic rings. The third-order valence-corrected chi connectivity index (χ3v) is 1.56. The maximum Gasteiger partial charge on any atom is 0.320 e. The Morgan fingerprint density at radius 3 is 2.77 bits per heavy atom. The average molecular weight is 181 g/mol. The summed E-state index contributed by atoms with van der Waals surface area (Å²) in [7, 11) is 0. The van der Waals surface area contributed by atoms with Crippen molar-refractivity contribution in [3.8, 4) is 0 Å². The number of aliphatic carboxylic acids is 1. The lowest BCUT2D eigenvalue weighted by atomic mass is 10.3. The summed E-state index contributed by atoms with van der Waals surface area (Å²) >= 11 is 0. The minimum absolute atomic E-state index is 0.369. The molecule has 0 spiro atoms. The van der Waals surface area contributed by atoms with E-state index in [1.54, 1.807) is 25.4 Å². The zero-order valence-corrected chi connectivity index (χ0v) is 7.27. The molecular formula is C8H11N3O2.